The maximum atomic E-state index is 9.39. The van der Waals surface area contributed by atoms with Crippen molar-refractivity contribution in [3.05, 3.63) is 23.3 Å². The Morgan fingerprint density at radius 1 is 1.00 bits per heavy atom. The summed E-state index contributed by atoms with van der Waals surface area (Å²) in [7, 11) is 3.12. The zero-order chi connectivity index (χ0) is 15.2. The lowest BCUT2D eigenvalue weighted by atomic mass is 9.85. The van der Waals surface area contributed by atoms with E-state index in [4.69, 9.17) is 18.9 Å². The molecule has 0 heterocycles. The largest absolute Gasteiger partial charge is 0.464 e. The topological polar surface area (TPSA) is 57.2 Å². The number of hydrogen-bond donors (Lipinski definition) is 1. The Morgan fingerprint density at radius 3 is 2.10 bits per heavy atom. The summed E-state index contributed by atoms with van der Waals surface area (Å²) in [5.41, 5.74) is 1.57. The Kier molecular flexibility index (Phi) is 6.26. The summed E-state index contributed by atoms with van der Waals surface area (Å²) in [5.74, 6) is 1.16. The summed E-state index contributed by atoms with van der Waals surface area (Å²) in [6.07, 6.45) is 0. The predicted molar refractivity (Wildman–Crippen MR) is 76.1 cm³/mol. The molecule has 0 aliphatic carbocycles. The lowest BCUT2D eigenvalue weighted by Gasteiger charge is -2.25. The van der Waals surface area contributed by atoms with Crippen LogP contribution in [0.4, 0.5) is 0 Å². The number of hydrogen-bond acceptors (Lipinski definition) is 5. The van der Waals surface area contributed by atoms with Crippen LogP contribution < -0.4 is 9.47 Å². The van der Waals surface area contributed by atoms with Gasteiger partial charge in [0.25, 0.3) is 0 Å². The van der Waals surface area contributed by atoms with Crippen LogP contribution >= 0.6 is 0 Å². The molecule has 5 nitrogen and oxygen atoms in total. The van der Waals surface area contributed by atoms with Crippen molar-refractivity contribution in [3.8, 4) is 11.5 Å². The van der Waals surface area contributed by atoms with E-state index in [2.05, 4.69) is 20.8 Å². The van der Waals surface area contributed by atoms with E-state index in [-0.39, 0.29) is 25.6 Å². The molecule has 0 aliphatic rings. The standard InChI is InChI=1S/C15H24O5/c1-15(2,3)12-6-11(8-16)7-13(19-9-17-4)14(12)20-10-18-5/h6-7,16H,8-10H2,1-5H3. The first-order valence-electron chi connectivity index (χ1n) is 6.45. The molecule has 1 N–H and O–H groups in total. The van der Waals surface area contributed by atoms with Crippen LogP contribution in [-0.4, -0.2) is 32.9 Å². The van der Waals surface area contributed by atoms with Crippen LogP contribution in [0.1, 0.15) is 31.9 Å². The summed E-state index contributed by atoms with van der Waals surface area (Å²) in [5, 5.41) is 9.39. The van der Waals surface area contributed by atoms with Gasteiger partial charge in [-0.2, -0.15) is 0 Å². The van der Waals surface area contributed by atoms with Crippen molar-refractivity contribution in [2.45, 2.75) is 32.8 Å². The Labute approximate surface area is 120 Å². The summed E-state index contributed by atoms with van der Waals surface area (Å²) < 4.78 is 21.1. The van der Waals surface area contributed by atoms with E-state index >= 15 is 0 Å². The van der Waals surface area contributed by atoms with E-state index in [1.54, 1.807) is 20.3 Å². The van der Waals surface area contributed by atoms with E-state index in [1.165, 1.54) is 0 Å². The van der Waals surface area contributed by atoms with Gasteiger partial charge in [0, 0.05) is 19.8 Å². The minimum atomic E-state index is -0.153. The van der Waals surface area contributed by atoms with Gasteiger partial charge in [0.2, 0.25) is 0 Å². The first-order chi connectivity index (χ1) is 9.43. The van der Waals surface area contributed by atoms with Crippen LogP contribution in [0.5, 0.6) is 11.5 Å². The van der Waals surface area contributed by atoms with Gasteiger partial charge in [-0.15, -0.1) is 0 Å². The van der Waals surface area contributed by atoms with Crippen molar-refractivity contribution in [2.24, 2.45) is 0 Å². The van der Waals surface area contributed by atoms with Gasteiger partial charge in [-0.05, 0) is 23.1 Å². The summed E-state index contributed by atoms with van der Waals surface area (Å²) in [6.45, 7) is 6.40. The number of rotatable bonds is 7. The van der Waals surface area contributed by atoms with Crippen LogP contribution in [0.15, 0.2) is 12.1 Å². The summed E-state index contributed by atoms with van der Waals surface area (Å²) in [4.78, 5) is 0. The van der Waals surface area contributed by atoms with Gasteiger partial charge < -0.3 is 24.1 Å². The molecule has 0 bridgehead atoms. The highest BCUT2D eigenvalue weighted by atomic mass is 16.7. The van der Waals surface area contributed by atoms with Crippen LogP contribution in [0, 0.1) is 0 Å². The highest BCUT2D eigenvalue weighted by Crippen LogP contribution is 2.40. The monoisotopic (exact) mass is 284 g/mol. The van der Waals surface area contributed by atoms with E-state index < -0.39 is 0 Å². The van der Waals surface area contributed by atoms with Crippen molar-refractivity contribution in [1.82, 2.24) is 0 Å². The summed E-state index contributed by atoms with van der Waals surface area (Å²) >= 11 is 0. The van der Waals surface area contributed by atoms with Crippen LogP contribution in [0.2, 0.25) is 0 Å². The van der Waals surface area contributed by atoms with Gasteiger partial charge in [0.15, 0.2) is 25.1 Å². The van der Waals surface area contributed by atoms with Crippen molar-refractivity contribution in [2.75, 3.05) is 27.8 Å². The molecule has 0 radical (unpaired) electrons. The van der Waals surface area contributed by atoms with Crippen molar-refractivity contribution in [3.63, 3.8) is 0 Å². The molecule has 5 heteroatoms. The minimum absolute atomic E-state index is 0.0586. The van der Waals surface area contributed by atoms with Gasteiger partial charge in [-0.25, -0.2) is 0 Å². The van der Waals surface area contributed by atoms with Crippen LogP contribution in [0.3, 0.4) is 0 Å². The predicted octanol–water partition coefficient (Wildman–Crippen LogP) is 2.44. The number of aliphatic hydroxyl groups excluding tert-OH is 1. The number of ether oxygens (including phenoxy) is 4. The molecule has 0 spiro atoms. The van der Waals surface area contributed by atoms with E-state index in [0.29, 0.717) is 11.5 Å². The quantitative estimate of drug-likeness (QED) is 0.779. The second-order valence-electron chi connectivity index (χ2n) is 5.48. The van der Waals surface area contributed by atoms with Crippen LogP contribution in [0.25, 0.3) is 0 Å². The van der Waals surface area contributed by atoms with Gasteiger partial charge >= 0.3 is 0 Å². The molecule has 0 saturated carbocycles. The molecule has 1 rings (SSSR count). The zero-order valence-electron chi connectivity index (χ0n) is 12.9. The van der Waals surface area contributed by atoms with E-state index in [9.17, 15) is 5.11 Å². The van der Waals surface area contributed by atoms with Gasteiger partial charge in [-0.3, -0.25) is 0 Å². The fraction of sp³-hybridized carbons (Fsp3) is 0.600. The number of benzene rings is 1. The lowest BCUT2D eigenvalue weighted by Crippen LogP contribution is -2.16. The highest BCUT2D eigenvalue weighted by molar-refractivity contribution is 5.52. The van der Waals surface area contributed by atoms with Crippen LogP contribution in [-0.2, 0) is 21.5 Å². The third-order valence-corrected chi connectivity index (χ3v) is 2.76. The Balaban J connectivity index is 3.29. The Hall–Kier alpha value is -1.30. The van der Waals surface area contributed by atoms with Crippen molar-refractivity contribution >= 4 is 0 Å². The molecule has 0 atom stereocenters. The molecular formula is C15H24O5. The summed E-state index contributed by atoms with van der Waals surface area (Å²) in [6, 6.07) is 3.67. The second-order valence-corrected chi connectivity index (χ2v) is 5.48. The molecule has 0 aromatic heterocycles. The molecule has 1 aromatic carbocycles. The fourth-order valence-corrected chi connectivity index (χ4v) is 1.80. The number of aliphatic hydroxyl groups is 1. The molecular weight excluding hydrogens is 260 g/mol. The Morgan fingerprint density at radius 2 is 1.60 bits per heavy atom. The highest BCUT2D eigenvalue weighted by Gasteiger charge is 2.23. The molecule has 0 saturated heterocycles. The molecule has 1 aromatic rings. The molecule has 114 valence electrons. The molecule has 0 unspecified atom stereocenters. The van der Waals surface area contributed by atoms with E-state index in [0.717, 1.165) is 11.1 Å². The SMILES string of the molecule is COCOc1cc(CO)cc(C(C)(C)C)c1OCOC. The zero-order valence-corrected chi connectivity index (χ0v) is 12.9. The van der Waals surface area contributed by atoms with Gasteiger partial charge in [-0.1, -0.05) is 20.8 Å². The van der Waals surface area contributed by atoms with Crippen molar-refractivity contribution < 1.29 is 24.1 Å². The number of methoxy groups -OCH3 is 2. The van der Waals surface area contributed by atoms with Gasteiger partial charge in [0.05, 0.1) is 6.61 Å². The average Bonchev–Trinajstić information content (AvgIpc) is 2.41. The molecule has 0 amide bonds. The maximum Gasteiger partial charge on any atom is 0.188 e. The Bertz CT molecular complexity index is 423. The average molecular weight is 284 g/mol. The second kappa shape index (κ2) is 7.47. The minimum Gasteiger partial charge on any atom is -0.464 e. The molecule has 20 heavy (non-hydrogen) atoms. The van der Waals surface area contributed by atoms with Crippen molar-refractivity contribution in [1.29, 1.82) is 0 Å². The fourth-order valence-electron chi connectivity index (χ4n) is 1.80. The maximum absolute atomic E-state index is 9.39. The first kappa shape index (κ1) is 16.8. The van der Waals surface area contributed by atoms with E-state index in [1.807, 2.05) is 6.07 Å². The smallest absolute Gasteiger partial charge is 0.188 e. The molecule has 0 aliphatic heterocycles. The first-order valence-corrected chi connectivity index (χ1v) is 6.45. The third kappa shape index (κ3) is 4.37. The lowest BCUT2D eigenvalue weighted by molar-refractivity contribution is 0.0311. The third-order valence-electron chi connectivity index (χ3n) is 2.76. The van der Waals surface area contributed by atoms with Gasteiger partial charge in [0.1, 0.15) is 0 Å². The normalized spacial score (nSPS) is 11.5. The molecule has 0 fully saturated rings.